The lowest BCUT2D eigenvalue weighted by Crippen LogP contribution is -2.48. The fourth-order valence-electron chi connectivity index (χ4n) is 4.34. The second kappa shape index (κ2) is 10.7. The van der Waals surface area contributed by atoms with Crippen LogP contribution < -0.4 is 4.90 Å². The number of carbonyl (C=O) groups is 1. The van der Waals surface area contributed by atoms with Crippen LogP contribution in [0.2, 0.25) is 0 Å². The molecule has 0 aliphatic carbocycles. The standard InChI is InChI=1S/C27H29N5OS/c33-26(30-18-16-29(17-19-30)24-9-3-1-4-10-24)13-20-34-22-23-21-28-32(25-11-5-2-6-12-25)27(23)31-14-7-8-15-31/h1-12,14-15,21H,13,16-20,22H2. The molecular formula is C27H29N5OS. The molecule has 0 N–H and O–H groups in total. The number of nitrogens with zero attached hydrogens (tertiary/aromatic N) is 5. The molecule has 4 aromatic rings. The molecular weight excluding hydrogens is 442 g/mol. The van der Waals surface area contributed by atoms with Crippen molar-refractivity contribution in [1.82, 2.24) is 19.2 Å². The van der Waals surface area contributed by atoms with Crippen LogP contribution in [0.25, 0.3) is 11.5 Å². The second-order valence-corrected chi connectivity index (χ2v) is 9.44. The van der Waals surface area contributed by atoms with Crippen LogP contribution >= 0.6 is 11.8 Å². The monoisotopic (exact) mass is 471 g/mol. The van der Waals surface area contributed by atoms with Gasteiger partial charge in [-0.25, -0.2) is 4.68 Å². The molecule has 2 aromatic carbocycles. The number of hydrogen-bond acceptors (Lipinski definition) is 4. The van der Waals surface area contributed by atoms with E-state index >= 15 is 0 Å². The highest BCUT2D eigenvalue weighted by molar-refractivity contribution is 7.98. The van der Waals surface area contributed by atoms with Crippen molar-refractivity contribution in [1.29, 1.82) is 0 Å². The Labute approximate surface area is 204 Å². The maximum absolute atomic E-state index is 12.8. The highest BCUT2D eigenvalue weighted by atomic mass is 32.2. The van der Waals surface area contributed by atoms with Gasteiger partial charge in [-0.1, -0.05) is 36.4 Å². The first-order valence-electron chi connectivity index (χ1n) is 11.7. The van der Waals surface area contributed by atoms with Gasteiger partial charge in [0.25, 0.3) is 0 Å². The summed E-state index contributed by atoms with van der Waals surface area (Å²) in [7, 11) is 0. The number of piperazine rings is 1. The third-order valence-electron chi connectivity index (χ3n) is 6.14. The lowest BCUT2D eigenvalue weighted by Gasteiger charge is -2.36. The van der Waals surface area contributed by atoms with E-state index in [0.717, 1.165) is 54.8 Å². The molecule has 2 aromatic heterocycles. The van der Waals surface area contributed by atoms with Gasteiger partial charge in [-0.15, -0.1) is 0 Å². The van der Waals surface area contributed by atoms with E-state index in [1.807, 2.05) is 64.6 Å². The molecule has 1 aliphatic heterocycles. The molecule has 0 unspecified atom stereocenters. The van der Waals surface area contributed by atoms with Gasteiger partial charge < -0.3 is 14.4 Å². The molecule has 6 nitrogen and oxygen atoms in total. The third-order valence-corrected chi connectivity index (χ3v) is 7.15. The lowest BCUT2D eigenvalue weighted by molar-refractivity contribution is -0.131. The summed E-state index contributed by atoms with van der Waals surface area (Å²) in [5.41, 5.74) is 3.43. The van der Waals surface area contributed by atoms with E-state index in [1.165, 1.54) is 5.69 Å². The van der Waals surface area contributed by atoms with Gasteiger partial charge in [0.05, 0.1) is 11.9 Å². The van der Waals surface area contributed by atoms with Gasteiger partial charge in [-0.05, 0) is 36.4 Å². The average Bonchev–Trinajstić information content (AvgIpc) is 3.58. The minimum Gasteiger partial charge on any atom is -0.368 e. The Kier molecular flexibility index (Phi) is 7.00. The van der Waals surface area contributed by atoms with E-state index in [4.69, 9.17) is 0 Å². The molecule has 174 valence electrons. The van der Waals surface area contributed by atoms with Crippen molar-refractivity contribution in [2.24, 2.45) is 0 Å². The highest BCUT2D eigenvalue weighted by Crippen LogP contribution is 2.24. The zero-order chi connectivity index (χ0) is 23.2. The number of anilines is 1. The first-order valence-corrected chi connectivity index (χ1v) is 12.9. The molecule has 1 fully saturated rings. The van der Waals surface area contributed by atoms with Crippen LogP contribution in [0.15, 0.2) is 91.4 Å². The summed E-state index contributed by atoms with van der Waals surface area (Å²) >= 11 is 1.79. The first-order chi connectivity index (χ1) is 16.8. The quantitative estimate of drug-likeness (QED) is 0.352. The van der Waals surface area contributed by atoms with Crippen molar-refractivity contribution in [3.63, 3.8) is 0 Å². The smallest absolute Gasteiger partial charge is 0.223 e. The molecule has 7 heteroatoms. The Morgan fingerprint density at radius 2 is 1.47 bits per heavy atom. The van der Waals surface area contributed by atoms with Gasteiger partial charge in [-0.3, -0.25) is 4.79 Å². The molecule has 0 bridgehead atoms. The highest BCUT2D eigenvalue weighted by Gasteiger charge is 2.21. The van der Waals surface area contributed by atoms with Crippen LogP contribution in [0.4, 0.5) is 5.69 Å². The predicted molar refractivity (Wildman–Crippen MR) is 139 cm³/mol. The second-order valence-electron chi connectivity index (χ2n) is 8.34. The third kappa shape index (κ3) is 5.04. The summed E-state index contributed by atoms with van der Waals surface area (Å²) in [6, 6.07) is 24.7. The van der Waals surface area contributed by atoms with E-state index in [-0.39, 0.29) is 5.91 Å². The maximum Gasteiger partial charge on any atom is 0.223 e. The van der Waals surface area contributed by atoms with Crippen molar-refractivity contribution in [3.05, 3.63) is 97.0 Å². The van der Waals surface area contributed by atoms with E-state index in [2.05, 4.69) is 51.0 Å². The van der Waals surface area contributed by atoms with E-state index in [9.17, 15) is 4.79 Å². The molecule has 3 heterocycles. The topological polar surface area (TPSA) is 46.3 Å². The normalized spacial score (nSPS) is 13.9. The van der Waals surface area contributed by atoms with E-state index < -0.39 is 0 Å². The molecule has 1 saturated heterocycles. The molecule has 34 heavy (non-hydrogen) atoms. The van der Waals surface area contributed by atoms with Gasteiger partial charge in [-0.2, -0.15) is 16.9 Å². The van der Waals surface area contributed by atoms with Gasteiger partial charge in [0, 0.05) is 67.8 Å². The number of benzene rings is 2. The Balaban J connectivity index is 1.15. The molecule has 0 atom stereocenters. The van der Waals surface area contributed by atoms with E-state index in [1.54, 1.807) is 11.8 Å². The minimum atomic E-state index is 0.255. The number of aromatic nitrogens is 3. The number of amides is 1. The number of carbonyl (C=O) groups excluding carboxylic acids is 1. The summed E-state index contributed by atoms with van der Waals surface area (Å²) in [6.07, 6.45) is 6.61. The van der Waals surface area contributed by atoms with Crippen molar-refractivity contribution >= 4 is 23.4 Å². The number of thioether (sulfide) groups is 1. The van der Waals surface area contributed by atoms with Gasteiger partial charge in [0.2, 0.25) is 5.91 Å². The Hall–Kier alpha value is -3.45. The average molecular weight is 472 g/mol. The number of rotatable bonds is 8. The van der Waals surface area contributed by atoms with Crippen LogP contribution in [-0.2, 0) is 10.5 Å². The first kappa shape index (κ1) is 22.3. The fraction of sp³-hybridized carbons (Fsp3) is 0.259. The molecule has 1 aliphatic rings. The Morgan fingerprint density at radius 3 is 2.15 bits per heavy atom. The SMILES string of the molecule is O=C(CCSCc1cnn(-c2ccccc2)c1-n1cccc1)N1CCN(c2ccccc2)CC1. The molecule has 0 saturated carbocycles. The summed E-state index contributed by atoms with van der Waals surface area (Å²) in [4.78, 5) is 17.1. The summed E-state index contributed by atoms with van der Waals surface area (Å²) in [5, 5.41) is 4.66. The van der Waals surface area contributed by atoms with Crippen LogP contribution in [0.1, 0.15) is 12.0 Å². The lowest BCUT2D eigenvalue weighted by atomic mass is 10.2. The van der Waals surface area contributed by atoms with Crippen LogP contribution in [0.5, 0.6) is 0 Å². The zero-order valence-corrected chi connectivity index (χ0v) is 20.0. The minimum absolute atomic E-state index is 0.255. The van der Waals surface area contributed by atoms with Crippen molar-refractivity contribution in [2.45, 2.75) is 12.2 Å². The Morgan fingerprint density at radius 1 is 0.824 bits per heavy atom. The fourth-order valence-corrected chi connectivity index (χ4v) is 5.23. The van der Waals surface area contributed by atoms with Crippen LogP contribution in [-0.4, -0.2) is 57.1 Å². The van der Waals surface area contributed by atoms with Crippen molar-refractivity contribution < 1.29 is 4.79 Å². The summed E-state index contributed by atoms with van der Waals surface area (Å²) in [5.74, 6) is 2.92. The largest absolute Gasteiger partial charge is 0.368 e. The number of para-hydroxylation sites is 2. The van der Waals surface area contributed by atoms with Crippen LogP contribution in [0.3, 0.4) is 0 Å². The number of hydrogen-bond donors (Lipinski definition) is 0. The molecule has 1 amide bonds. The summed E-state index contributed by atoms with van der Waals surface area (Å²) < 4.78 is 4.08. The zero-order valence-electron chi connectivity index (χ0n) is 19.2. The maximum atomic E-state index is 12.8. The predicted octanol–water partition coefficient (Wildman–Crippen LogP) is 4.64. The van der Waals surface area contributed by atoms with Crippen molar-refractivity contribution in [2.75, 3.05) is 36.8 Å². The van der Waals surface area contributed by atoms with Gasteiger partial charge >= 0.3 is 0 Å². The van der Waals surface area contributed by atoms with Crippen molar-refractivity contribution in [3.8, 4) is 11.5 Å². The Bertz CT molecular complexity index is 1180. The molecule has 0 spiro atoms. The van der Waals surface area contributed by atoms with Crippen LogP contribution in [0, 0.1) is 0 Å². The molecule has 5 rings (SSSR count). The summed E-state index contributed by atoms with van der Waals surface area (Å²) in [6.45, 7) is 3.36. The van der Waals surface area contributed by atoms with Gasteiger partial charge in [0.1, 0.15) is 5.82 Å². The van der Waals surface area contributed by atoms with E-state index in [0.29, 0.717) is 6.42 Å². The van der Waals surface area contributed by atoms with Gasteiger partial charge in [0.15, 0.2) is 0 Å². The molecule has 0 radical (unpaired) electrons.